The number of ketones is 1. The van der Waals surface area contributed by atoms with Gasteiger partial charge in [0.2, 0.25) is 0 Å². The van der Waals surface area contributed by atoms with E-state index in [9.17, 15) is 22.8 Å². The van der Waals surface area contributed by atoms with Crippen LogP contribution in [0.25, 0.3) is 0 Å². The number of nitrogens with zero attached hydrogens (tertiary/aromatic N) is 1. The van der Waals surface area contributed by atoms with Gasteiger partial charge in [-0.25, -0.2) is 4.79 Å². The molecule has 2 aliphatic heterocycles. The Morgan fingerprint density at radius 1 is 1.37 bits per heavy atom. The van der Waals surface area contributed by atoms with Crippen LogP contribution in [-0.2, 0) is 21.4 Å². The molecule has 5 nitrogen and oxygen atoms in total. The van der Waals surface area contributed by atoms with Gasteiger partial charge in [-0.15, -0.1) is 0 Å². The SMILES string of the molecule is CN1CCC23c4c5ccc(OC(=O)C(F)(F)F)c4OC2C(=O)CCC3C1C5. The second-order valence-corrected chi connectivity index (χ2v) is 7.97. The summed E-state index contributed by atoms with van der Waals surface area (Å²) >= 11 is 0. The number of alkyl halides is 3. The zero-order valence-corrected chi connectivity index (χ0v) is 14.6. The molecule has 4 atom stereocenters. The first-order valence-corrected chi connectivity index (χ1v) is 9.08. The molecule has 8 heteroatoms. The number of Topliss-reactive ketones (excluding diaryl/α,β-unsaturated/α-hetero) is 1. The summed E-state index contributed by atoms with van der Waals surface area (Å²) in [6, 6.07) is 3.35. The van der Waals surface area contributed by atoms with Crippen LogP contribution in [0.4, 0.5) is 13.2 Å². The number of hydrogen-bond acceptors (Lipinski definition) is 5. The Labute approximate surface area is 153 Å². The highest BCUT2D eigenvalue weighted by atomic mass is 19.4. The Hall–Kier alpha value is -2.09. The van der Waals surface area contributed by atoms with Crippen LogP contribution < -0.4 is 9.47 Å². The number of esters is 1. The summed E-state index contributed by atoms with van der Waals surface area (Å²) in [6.45, 7) is 0.791. The van der Waals surface area contributed by atoms with E-state index >= 15 is 0 Å². The first-order valence-electron chi connectivity index (χ1n) is 9.08. The van der Waals surface area contributed by atoms with Gasteiger partial charge in [-0.1, -0.05) is 6.07 Å². The number of rotatable bonds is 1. The summed E-state index contributed by atoms with van der Waals surface area (Å²) in [5, 5.41) is 0. The van der Waals surface area contributed by atoms with Gasteiger partial charge in [0, 0.05) is 23.4 Å². The molecule has 1 saturated heterocycles. The molecule has 5 rings (SSSR count). The van der Waals surface area contributed by atoms with E-state index in [0.29, 0.717) is 12.8 Å². The number of piperidine rings is 1. The number of hydrogen-bond donors (Lipinski definition) is 0. The average molecular weight is 381 g/mol. The van der Waals surface area contributed by atoms with Crippen LogP contribution in [0.15, 0.2) is 12.1 Å². The van der Waals surface area contributed by atoms with E-state index in [1.165, 1.54) is 6.07 Å². The molecular formula is C19H18F3NO4. The first kappa shape index (κ1) is 17.0. The zero-order valence-electron chi connectivity index (χ0n) is 14.6. The van der Waals surface area contributed by atoms with Gasteiger partial charge in [0.15, 0.2) is 23.4 Å². The van der Waals surface area contributed by atoms with Crippen molar-refractivity contribution in [2.45, 2.75) is 49.4 Å². The number of likely N-dealkylation sites (N-methyl/N-ethyl adjacent to an activating group) is 1. The number of benzene rings is 1. The standard InChI is InChI=1S/C19H18F3NO4/c1-23-7-6-18-10-3-4-12(24)16(18)27-15-13(26-17(25)19(20,21)22)5-2-9(14(15)18)8-11(10)23/h2,5,10-11,16H,3-4,6-8H2,1H3. The molecular weight excluding hydrogens is 363 g/mol. The number of likely N-dealkylation sites (tertiary alicyclic amines) is 1. The molecule has 2 fully saturated rings. The van der Waals surface area contributed by atoms with Gasteiger partial charge >= 0.3 is 12.1 Å². The van der Waals surface area contributed by atoms with Crippen molar-refractivity contribution in [1.82, 2.24) is 4.90 Å². The largest absolute Gasteiger partial charge is 0.491 e. The Bertz CT molecular complexity index is 867. The van der Waals surface area contributed by atoms with E-state index < -0.39 is 23.7 Å². The molecule has 0 amide bonds. The Balaban J connectivity index is 1.67. The molecule has 4 unspecified atom stereocenters. The van der Waals surface area contributed by atoms with Crippen LogP contribution in [0.3, 0.4) is 0 Å². The van der Waals surface area contributed by atoms with Crippen LogP contribution in [0.5, 0.6) is 11.5 Å². The van der Waals surface area contributed by atoms with Crippen molar-refractivity contribution >= 4 is 11.8 Å². The second-order valence-electron chi connectivity index (χ2n) is 7.97. The van der Waals surface area contributed by atoms with Gasteiger partial charge in [-0.3, -0.25) is 4.79 Å². The molecule has 2 heterocycles. The van der Waals surface area contributed by atoms with E-state index in [0.717, 1.165) is 30.5 Å². The molecule has 1 aromatic carbocycles. The van der Waals surface area contributed by atoms with E-state index in [2.05, 4.69) is 16.7 Å². The normalized spacial score (nSPS) is 34.1. The molecule has 1 aromatic rings. The van der Waals surface area contributed by atoms with E-state index in [-0.39, 0.29) is 29.2 Å². The summed E-state index contributed by atoms with van der Waals surface area (Å²) in [6.07, 6.45) is -3.18. The third kappa shape index (κ3) is 2.10. The monoisotopic (exact) mass is 381 g/mol. The van der Waals surface area contributed by atoms with Crippen molar-refractivity contribution in [3.63, 3.8) is 0 Å². The first-order chi connectivity index (χ1) is 12.7. The van der Waals surface area contributed by atoms with E-state index in [4.69, 9.17) is 4.74 Å². The molecule has 0 aromatic heterocycles. The fourth-order valence-electron chi connectivity index (χ4n) is 5.75. The Morgan fingerprint density at radius 3 is 2.89 bits per heavy atom. The van der Waals surface area contributed by atoms with E-state index in [1.807, 2.05) is 0 Å². The van der Waals surface area contributed by atoms with Gasteiger partial charge in [0.05, 0.1) is 0 Å². The fraction of sp³-hybridized carbons (Fsp3) is 0.579. The highest BCUT2D eigenvalue weighted by Gasteiger charge is 2.65. The maximum atomic E-state index is 12.7. The van der Waals surface area contributed by atoms with Crippen molar-refractivity contribution in [1.29, 1.82) is 0 Å². The zero-order chi connectivity index (χ0) is 19.1. The molecule has 1 spiro atoms. The van der Waals surface area contributed by atoms with Crippen LogP contribution >= 0.6 is 0 Å². The number of carbonyl (C=O) groups is 2. The van der Waals surface area contributed by atoms with E-state index in [1.54, 1.807) is 6.07 Å². The predicted octanol–water partition coefficient (Wildman–Crippen LogP) is 2.39. The maximum Gasteiger partial charge on any atom is 0.491 e. The average Bonchev–Trinajstić information content (AvgIpc) is 2.96. The predicted molar refractivity (Wildman–Crippen MR) is 86.7 cm³/mol. The summed E-state index contributed by atoms with van der Waals surface area (Å²) in [7, 11) is 2.07. The Kier molecular flexibility index (Phi) is 3.31. The number of carbonyl (C=O) groups excluding carboxylic acids is 2. The van der Waals surface area contributed by atoms with Gasteiger partial charge in [0.1, 0.15) is 0 Å². The van der Waals surface area contributed by atoms with Crippen LogP contribution in [0, 0.1) is 5.92 Å². The van der Waals surface area contributed by atoms with Crippen molar-refractivity contribution in [2.75, 3.05) is 13.6 Å². The molecule has 144 valence electrons. The molecule has 0 radical (unpaired) electrons. The highest BCUT2D eigenvalue weighted by molar-refractivity contribution is 5.89. The molecule has 1 saturated carbocycles. The van der Waals surface area contributed by atoms with Crippen molar-refractivity contribution in [3.8, 4) is 11.5 Å². The smallest absolute Gasteiger partial charge is 0.477 e. The molecule has 4 aliphatic rings. The molecule has 2 bridgehead atoms. The lowest BCUT2D eigenvalue weighted by Gasteiger charge is -2.57. The lowest BCUT2D eigenvalue weighted by atomic mass is 9.52. The summed E-state index contributed by atoms with van der Waals surface area (Å²) in [5.74, 6) is -2.19. The lowest BCUT2D eigenvalue weighted by molar-refractivity contribution is -0.189. The van der Waals surface area contributed by atoms with Gasteiger partial charge in [0.25, 0.3) is 0 Å². The van der Waals surface area contributed by atoms with Crippen molar-refractivity contribution in [3.05, 3.63) is 23.3 Å². The van der Waals surface area contributed by atoms with Crippen LogP contribution in [-0.4, -0.2) is 48.6 Å². The summed E-state index contributed by atoms with van der Waals surface area (Å²) in [4.78, 5) is 26.3. The number of halogens is 3. The minimum absolute atomic E-state index is 0.0216. The Morgan fingerprint density at radius 2 is 2.15 bits per heavy atom. The second kappa shape index (κ2) is 5.25. The minimum Gasteiger partial charge on any atom is -0.477 e. The third-order valence-corrected chi connectivity index (χ3v) is 6.80. The summed E-state index contributed by atoms with van der Waals surface area (Å²) in [5.41, 5.74) is 1.25. The minimum atomic E-state index is -5.09. The molecule has 2 aliphatic carbocycles. The molecule has 0 N–H and O–H groups in total. The topological polar surface area (TPSA) is 55.8 Å². The molecule has 27 heavy (non-hydrogen) atoms. The number of ether oxygens (including phenoxy) is 2. The highest BCUT2D eigenvalue weighted by Crippen LogP contribution is 2.63. The maximum absolute atomic E-state index is 12.7. The fourth-order valence-corrected chi connectivity index (χ4v) is 5.75. The third-order valence-electron chi connectivity index (χ3n) is 6.80. The quantitative estimate of drug-likeness (QED) is 0.552. The van der Waals surface area contributed by atoms with Crippen molar-refractivity contribution in [2.24, 2.45) is 5.92 Å². The van der Waals surface area contributed by atoms with Crippen LogP contribution in [0.1, 0.15) is 30.4 Å². The van der Waals surface area contributed by atoms with Gasteiger partial charge in [-0.05, 0) is 50.4 Å². The lowest BCUT2D eigenvalue weighted by Crippen LogP contribution is -2.65. The van der Waals surface area contributed by atoms with Gasteiger partial charge < -0.3 is 14.4 Å². The van der Waals surface area contributed by atoms with Gasteiger partial charge in [-0.2, -0.15) is 13.2 Å². The van der Waals surface area contributed by atoms with Crippen molar-refractivity contribution < 1.29 is 32.2 Å². The summed E-state index contributed by atoms with van der Waals surface area (Å²) < 4.78 is 48.6. The van der Waals surface area contributed by atoms with Crippen LogP contribution in [0.2, 0.25) is 0 Å².